The number of rotatable bonds is 0. The van der Waals surface area contributed by atoms with Crippen molar-refractivity contribution in [3.05, 3.63) is 0 Å². The van der Waals surface area contributed by atoms with E-state index in [0.717, 1.165) is 19.4 Å². The Morgan fingerprint density at radius 1 is 1.36 bits per heavy atom. The van der Waals surface area contributed by atoms with Crippen LogP contribution in [0, 0.1) is 0 Å². The quantitative estimate of drug-likeness (QED) is 0.502. The van der Waals surface area contributed by atoms with Gasteiger partial charge in [-0.3, -0.25) is 4.79 Å². The Kier molecular flexibility index (Phi) is 4.40. The number of hydrogen-bond acceptors (Lipinski definition) is 3. The van der Waals surface area contributed by atoms with Crippen molar-refractivity contribution in [2.45, 2.75) is 12.8 Å². The van der Waals surface area contributed by atoms with Crippen LogP contribution in [0.1, 0.15) is 12.8 Å². The number of hydrogen-bond donors (Lipinski definition) is 3. The first kappa shape index (κ1) is 10.7. The molecular weight excluding hydrogens is 326 g/mol. The summed E-state index contributed by atoms with van der Waals surface area (Å²) in [4.78, 5) is 10.1. The van der Waals surface area contributed by atoms with Gasteiger partial charge in [0.05, 0.1) is 0 Å². The van der Waals surface area contributed by atoms with E-state index in [9.17, 15) is 4.79 Å². The van der Waals surface area contributed by atoms with E-state index in [0.29, 0.717) is 0 Å². The van der Waals surface area contributed by atoms with Crippen molar-refractivity contribution in [2.75, 3.05) is 6.54 Å². The van der Waals surface area contributed by atoms with E-state index in [-0.39, 0.29) is 5.91 Å². The molecule has 6 nitrogen and oxygen atoms in total. The van der Waals surface area contributed by atoms with Gasteiger partial charge in [0.2, 0.25) is 5.91 Å². The van der Waals surface area contributed by atoms with Gasteiger partial charge in [0.1, 0.15) is 0 Å². The summed E-state index contributed by atoms with van der Waals surface area (Å²) in [5.41, 5.74) is 0. The number of carbonyl (C=O) groups excluding carboxylic acids is 1. The standard InChI is InChI=1S/C4H7NO.2H2O.2O.W/c6-4-2-1-3-5-4;;;;;/h1-3H2,(H,5,6);2*1H2;;;/q;;;;;+2/p-2. The van der Waals surface area contributed by atoms with Crippen molar-refractivity contribution in [2.24, 2.45) is 0 Å². The van der Waals surface area contributed by atoms with Crippen molar-refractivity contribution in [3.63, 3.8) is 0 Å². The van der Waals surface area contributed by atoms with Crippen LogP contribution in [0.5, 0.6) is 0 Å². The van der Waals surface area contributed by atoms with Crippen LogP contribution in [0.15, 0.2) is 0 Å². The van der Waals surface area contributed by atoms with Crippen LogP contribution in [-0.2, 0) is 28.3 Å². The van der Waals surface area contributed by atoms with E-state index in [2.05, 4.69) is 5.32 Å². The molecule has 0 bridgehead atoms. The number of amides is 1. The summed E-state index contributed by atoms with van der Waals surface area (Å²) in [5.74, 6) is 0.204. The minimum absolute atomic E-state index is 0.204. The first-order valence-corrected chi connectivity index (χ1v) is 7.88. The van der Waals surface area contributed by atoms with Crippen LogP contribution in [0.25, 0.3) is 0 Å². The van der Waals surface area contributed by atoms with Crippen molar-refractivity contribution in [1.29, 1.82) is 0 Å². The molecule has 0 aromatic rings. The maximum atomic E-state index is 10.1. The van der Waals surface area contributed by atoms with Gasteiger partial charge in [-0.2, -0.15) is 0 Å². The molecule has 1 saturated heterocycles. The third kappa shape index (κ3) is 12.8. The van der Waals surface area contributed by atoms with E-state index in [1.165, 1.54) is 0 Å². The molecular formula is C4H9NO5W. The fourth-order valence-corrected chi connectivity index (χ4v) is 0.565. The van der Waals surface area contributed by atoms with Crippen molar-refractivity contribution in [3.8, 4) is 0 Å². The van der Waals surface area contributed by atoms with Gasteiger partial charge in [0, 0.05) is 13.0 Å². The molecule has 7 heteroatoms. The molecule has 66 valence electrons. The van der Waals surface area contributed by atoms with Gasteiger partial charge < -0.3 is 5.32 Å². The van der Waals surface area contributed by atoms with Gasteiger partial charge >= 0.3 is 31.1 Å². The van der Waals surface area contributed by atoms with E-state index >= 15 is 0 Å². The van der Waals surface area contributed by atoms with E-state index in [1.54, 1.807) is 0 Å². The molecule has 0 aromatic carbocycles. The molecule has 1 amide bonds. The molecule has 0 saturated carbocycles. The topological polar surface area (TPSA) is 104 Å². The van der Waals surface area contributed by atoms with Gasteiger partial charge in [-0.15, -0.1) is 0 Å². The zero-order valence-electron chi connectivity index (χ0n) is 5.65. The van der Waals surface area contributed by atoms with Crippen LogP contribution >= 0.6 is 0 Å². The van der Waals surface area contributed by atoms with Crippen LogP contribution < -0.4 is 5.32 Å². The first-order valence-electron chi connectivity index (χ1n) is 2.86. The molecule has 1 fully saturated rings. The van der Waals surface area contributed by atoms with Crippen molar-refractivity contribution < 1.29 is 35.9 Å². The van der Waals surface area contributed by atoms with Crippen LogP contribution in [-0.4, -0.2) is 20.0 Å². The van der Waals surface area contributed by atoms with Gasteiger partial charge in [-0.05, 0) is 6.42 Å². The molecule has 1 aliphatic heterocycles. The van der Waals surface area contributed by atoms with E-state index < -0.39 is 16.7 Å². The van der Waals surface area contributed by atoms with Gasteiger partial charge in [-0.25, -0.2) is 0 Å². The summed E-state index contributed by atoms with van der Waals surface area (Å²) in [5, 5.41) is 2.68. The molecule has 1 heterocycles. The Hall–Kier alpha value is -0.322. The van der Waals surface area contributed by atoms with Crippen LogP contribution in [0.4, 0.5) is 0 Å². The Morgan fingerprint density at radius 3 is 1.91 bits per heavy atom. The SMILES string of the molecule is O=C1CCCN1.[O]=[W](=[O])([OH])[OH]. The Morgan fingerprint density at radius 2 is 1.82 bits per heavy atom. The molecule has 11 heavy (non-hydrogen) atoms. The number of nitrogens with one attached hydrogen (secondary N) is 1. The Labute approximate surface area is 66.9 Å². The Bertz CT molecular complexity index is 205. The molecule has 0 spiro atoms. The maximum absolute atomic E-state index is 10.1. The van der Waals surface area contributed by atoms with Crippen LogP contribution in [0.2, 0.25) is 0 Å². The summed E-state index contributed by atoms with van der Waals surface area (Å²) in [6.45, 7) is 0.888. The molecule has 0 radical (unpaired) electrons. The molecule has 3 N–H and O–H groups in total. The predicted octanol–water partition coefficient (Wildman–Crippen LogP) is -1.46. The summed E-state index contributed by atoms with van der Waals surface area (Å²) in [7, 11) is 0. The molecule has 1 aliphatic rings. The fourth-order valence-electron chi connectivity index (χ4n) is 0.565. The van der Waals surface area contributed by atoms with Gasteiger partial charge in [-0.1, -0.05) is 0 Å². The average Bonchev–Trinajstić information content (AvgIpc) is 2.12. The monoisotopic (exact) mass is 335 g/mol. The van der Waals surface area contributed by atoms with E-state index in [4.69, 9.17) is 14.3 Å². The Balaban J connectivity index is 0.000000187. The summed E-state index contributed by atoms with van der Waals surface area (Å²) in [6, 6.07) is 0. The minimum atomic E-state index is -5.67. The number of carbonyl (C=O) groups is 1. The third-order valence-electron chi connectivity index (χ3n) is 0.903. The molecule has 0 atom stereocenters. The average molecular weight is 335 g/mol. The first-order chi connectivity index (χ1) is 4.89. The predicted molar refractivity (Wildman–Crippen MR) is 28.1 cm³/mol. The summed E-state index contributed by atoms with van der Waals surface area (Å²) >= 11 is -5.67. The molecule has 1 rings (SSSR count). The van der Waals surface area contributed by atoms with Crippen molar-refractivity contribution >= 4 is 5.91 Å². The zero-order valence-corrected chi connectivity index (χ0v) is 8.58. The summed E-state index contributed by atoms with van der Waals surface area (Å²) < 4.78 is 32.1. The molecule has 0 aliphatic carbocycles. The second-order valence-electron chi connectivity index (χ2n) is 1.90. The van der Waals surface area contributed by atoms with Crippen molar-refractivity contribution in [1.82, 2.24) is 5.32 Å². The van der Waals surface area contributed by atoms with Gasteiger partial charge in [0.15, 0.2) is 0 Å². The van der Waals surface area contributed by atoms with Crippen LogP contribution in [0.3, 0.4) is 0 Å². The van der Waals surface area contributed by atoms with Gasteiger partial charge in [0.25, 0.3) is 0 Å². The second-order valence-corrected chi connectivity index (χ2v) is 5.12. The molecule has 0 unspecified atom stereocenters. The fraction of sp³-hybridized carbons (Fsp3) is 0.750. The third-order valence-corrected chi connectivity index (χ3v) is 0.903. The zero-order chi connectivity index (χ0) is 8.91. The summed E-state index contributed by atoms with van der Waals surface area (Å²) in [6.07, 6.45) is 1.76. The second kappa shape index (κ2) is 4.53. The van der Waals surface area contributed by atoms with E-state index in [1.807, 2.05) is 0 Å². The molecule has 0 aromatic heterocycles. The normalized spacial score (nSPS) is 16.7.